The molecule has 4 nitrogen and oxygen atoms in total. The Kier molecular flexibility index (Phi) is 4.08. The van der Waals surface area contributed by atoms with Crippen molar-refractivity contribution in [1.29, 1.82) is 0 Å². The van der Waals surface area contributed by atoms with Crippen LogP contribution < -0.4 is 5.73 Å². The van der Waals surface area contributed by atoms with Crippen molar-refractivity contribution in [1.82, 2.24) is 9.80 Å². The van der Waals surface area contributed by atoms with Gasteiger partial charge in [-0.2, -0.15) is 0 Å². The molecule has 0 radical (unpaired) electrons. The van der Waals surface area contributed by atoms with Crippen molar-refractivity contribution in [3.63, 3.8) is 0 Å². The van der Waals surface area contributed by atoms with Gasteiger partial charge in [0.15, 0.2) is 0 Å². The fraction of sp³-hybridized carbons (Fsp3) is 1.00. The van der Waals surface area contributed by atoms with E-state index >= 15 is 0 Å². The summed E-state index contributed by atoms with van der Waals surface area (Å²) in [5, 5.41) is 10.6. The van der Waals surface area contributed by atoms with Crippen LogP contribution in [-0.4, -0.2) is 66.8 Å². The van der Waals surface area contributed by atoms with E-state index in [9.17, 15) is 5.11 Å². The monoisotopic (exact) mass is 241 g/mol. The van der Waals surface area contributed by atoms with E-state index < -0.39 is 5.60 Å². The molecule has 1 aliphatic carbocycles. The Labute approximate surface area is 105 Å². The van der Waals surface area contributed by atoms with Gasteiger partial charge in [-0.15, -0.1) is 0 Å². The van der Waals surface area contributed by atoms with Crippen LogP contribution in [0.5, 0.6) is 0 Å². The Bertz CT molecular complexity index is 255. The normalized spacial score (nSPS) is 29.8. The summed E-state index contributed by atoms with van der Waals surface area (Å²) < 4.78 is 0. The first-order valence-electron chi connectivity index (χ1n) is 6.86. The van der Waals surface area contributed by atoms with Crippen molar-refractivity contribution in [2.75, 3.05) is 40.3 Å². The van der Waals surface area contributed by atoms with E-state index in [0.29, 0.717) is 18.5 Å². The van der Waals surface area contributed by atoms with Gasteiger partial charge in [-0.25, -0.2) is 0 Å². The molecule has 2 fully saturated rings. The number of nitrogens with zero attached hydrogens (tertiary/aromatic N) is 2. The third kappa shape index (κ3) is 3.19. The molecule has 0 bridgehead atoms. The lowest BCUT2D eigenvalue weighted by molar-refractivity contribution is -0.0134. The van der Waals surface area contributed by atoms with Gasteiger partial charge in [0.1, 0.15) is 0 Å². The molecule has 2 rings (SSSR count). The van der Waals surface area contributed by atoms with Gasteiger partial charge in [0.05, 0.1) is 5.60 Å². The molecule has 0 amide bonds. The zero-order valence-corrected chi connectivity index (χ0v) is 11.2. The summed E-state index contributed by atoms with van der Waals surface area (Å²) in [6.45, 7) is 3.38. The first-order valence-corrected chi connectivity index (χ1v) is 6.86. The third-order valence-corrected chi connectivity index (χ3v) is 4.24. The average molecular weight is 241 g/mol. The number of likely N-dealkylation sites (tertiary alicyclic amines) is 1. The van der Waals surface area contributed by atoms with Crippen LogP contribution >= 0.6 is 0 Å². The Morgan fingerprint density at radius 1 is 1.35 bits per heavy atom. The summed E-state index contributed by atoms with van der Waals surface area (Å²) in [6.07, 6.45) is 4.81. The van der Waals surface area contributed by atoms with Gasteiger partial charge in [0, 0.05) is 25.7 Å². The lowest BCUT2D eigenvalue weighted by atomic mass is 9.97. The molecule has 2 atom stereocenters. The van der Waals surface area contributed by atoms with Crippen LogP contribution in [-0.2, 0) is 0 Å². The molecule has 1 saturated heterocycles. The maximum absolute atomic E-state index is 10.6. The second-order valence-corrected chi connectivity index (χ2v) is 6.11. The van der Waals surface area contributed by atoms with E-state index in [1.54, 1.807) is 0 Å². The molecule has 0 aromatic heterocycles. The van der Waals surface area contributed by atoms with Gasteiger partial charge in [0.2, 0.25) is 0 Å². The fourth-order valence-electron chi connectivity index (χ4n) is 3.06. The molecule has 1 saturated carbocycles. The molecule has 2 unspecified atom stereocenters. The predicted octanol–water partition coefficient (Wildman–Crippen LogP) is 0.112. The second kappa shape index (κ2) is 5.22. The number of aliphatic hydroxyl groups is 1. The van der Waals surface area contributed by atoms with Gasteiger partial charge in [-0.05, 0) is 52.2 Å². The van der Waals surface area contributed by atoms with Crippen molar-refractivity contribution in [3.8, 4) is 0 Å². The van der Waals surface area contributed by atoms with E-state index in [4.69, 9.17) is 5.73 Å². The maximum Gasteiger partial charge on any atom is 0.0923 e. The number of nitrogens with two attached hydrogens (primary N) is 1. The average Bonchev–Trinajstić information content (AvgIpc) is 3.04. The summed E-state index contributed by atoms with van der Waals surface area (Å²) in [6, 6.07) is 0.599. The van der Waals surface area contributed by atoms with Crippen LogP contribution in [0.3, 0.4) is 0 Å². The number of rotatable bonds is 6. The molecular weight excluding hydrogens is 214 g/mol. The first kappa shape index (κ1) is 13.3. The molecule has 1 aliphatic heterocycles. The number of hydrogen-bond donors (Lipinski definition) is 2. The SMILES string of the molecule is CN(C)CC1CCCN1CC(O)(CN)C1CC1. The molecular formula is C13H27N3O. The highest BCUT2D eigenvalue weighted by atomic mass is 16.3. The Morgan fingerprint density at radius 2 is 2.06 bits per heavy atom. The summed E-state index contributed by atoms with van der Waals surface area (Å²) in [4.78, 5) is 4.69. The minimum absolute atomic E-state index is 0.406. The van der Waals surface area contributed by atoms with Crippen LogP contribution in [0.2, 0.25) is 0 Å². The largest absolute Gasteiger partial charge is 0.387 e. The minimum Gasteiger partial charge on any atom is -0.387 e. The van der Waals surface area contributed by atoms with Crippen molar-refractivity contribution in [2.24, 2.45) is 11.7 Å². The van der Waals surface area contributed by atoms with Crippen molar-refractivity contribution in [2.45, 2.75) is 37.3 Å². The molecule has 4 heteroatoms. The zero-order chi connectivity index (χ0) is 12.5. The van der Waals surface area contributed by atoms with Crippen molar-refractivity contribution >= 4 is 0 Å². The van der Waals surface area contributed by atoms with E-state index in [-0.39, 0.29) is 0 Å². The van der Waals surface area contributed by atoms with Crippen LogP contribution in [0.4, 0.5) is 0 Å². The van der Waals surface area contributed by atoms with Gasteiger partial charge in [-0.1, -0.05) is 0 Å². The molecule has 0 spiro atoms. The van der Waals surface area contributed by atoms with Crippen molar-refractivity contribution in [3.05, 3.63) is 0 Å². The smallest absolute Gasteiger partial charge is 0.0923 e. The highest BCUT2D eigenvalue weighted by Gasteiger charge is 2.45. The van der Waals surface area contributed by atoms with Crippen molar-refractivity contribution < 1.29 is 5.11 Å². The summed E-state index contributed by atoms with van der Waals surface area (Å²) in [7, 11) is 4.24. The third-order valence-electron chi connectivity index (χ3n) is 4.24. The van der Waals surface area contributed by atoms with Gasteiger partial charge >= 0.3 is 0 Å². The molecule has 0 aromatic rings. The maximum atomic E-state index is 10.6. The molecule has 2 aliphatic rings. The fourth-order valence-corrected chi connectivity index (χ4v) is 3.06. The van der Waals surface area contributed by atoms with E-state index in [1.807, 2.05) is 0 Å². The molecule has 100 valence electrons. The molecule has 17 heavy (non-hydrogen) atoms. The standard InChI is InChI=1S/C13H27N3O/c1-15(2)8-12-4-3-7-16(12)10-13(17,9-14)11-5-6-11/h11-12,17H,3-10,14H2,1-2H3. The van der Waals surface area contributed by atoms with E-state index in [1.165, 1.54) is 12.8 Å². The summed E-state index contributed by atoms with van der Waals surface area (Å²) >= 11 is 0. The Hall–Kier alpha value is -0.160. The highest BCUT2D eigenvalue weighted by molar-refractivity contribution is 4.99. The summed E-state index contributed by atoms with van der Waals surface area (Å²) in [5.74, 6) is 0.452. The van der Waals surface area contributed by atoms with Crippen LogP contribution in [0.1, 0.15) is 25.7 Å². The topological polar surface area (TPSA) is 52.7 Å². The number of hydrogen-bond acceptors (Lipinski definition) is 4. The van der Waals surface area contributed by atoms with Crippen LogP contribution in [0, 0.1) is 5.92 Å². The van der Waals surface area contributed by atoms with Gasteiger partial charge in [-0.3, -0.25) is 4.90 Å². The van der Waals surface area contributed by atoms with E-state index in [2.05, 4.69) is 23.9 Å². The predicted molar refractivity (Wildman–Crippen MR) is 69.9 cm³/mol. The number of β-amino-alcohol motifs (C(OH)–C–C–N with tert-alkyl or cyclic N) is 1. The Balaban J connectivity index is 1.92. The molecule has 0 aromatic carbocycles. The minimum atomic E-state index is -0.630. The number of likely N-dealkylation sites (N-methyl/N-ethyl adjacent to an activating group) is 1. The van der Waals surface area contributed by atoms with Gasteiger partial charge < -0.3 is 15.7 Å². The molecule has 1 heterocycles. The lowest BCUT2D eigenvalue weighted by Gasteiger charge is -2.35. The van der Waals surface area contributed by atoms with Crippen LogP contribution in [0.15, 0.2) is 0 Å². The lowest BCUT2D eigenvalue weighted by Crippen LogP contribution is -2.52. The second-order valence-electron chi connectivity index (χ2n) is 6.11. The Morgan fingerprint density at radius 3 is 2.59 bits per heavy atom. The zero-order valence-electron chi connectivity index (χ0n) is 11.2. The molecule has 3 N–H and O–H groups in total. The first-order chi connectivity index (χ1) is 8.05. The highest BCUT2D eigenvalue weighted by Crippen LogP contribution is 2.40. The quantitative estimate of drug-likeness (QED) is 0.693. The summed E-state index contributed by atoms with van der Waals surface area (Å²) in [5.41, 5.74) is 5.16. The van der Waals surface area contributed by atoms with E-state index in [0.717, 1.165) is 32.5 Å². The van der Waals surface area contributed by atoms with Crippen LogP contribution in [0.25, 0.3) is 0 Å². The van der Waals surface area contributed by atoms with Gasteiger partial charge in [0.25, 0.3) is 0 Å².